The molecule has 0 saturated heterocycles. The Labute approximate surface area is 52.6 Å². The second kappa shape index (κ2) is 6.74. The molecule has 0 rings (SSSR count). The van der Waals surface area contributed by atoms with Gasteiger partial charge in [0.15, 0.2) is 0 Å². The van der Waals surface area contributed by atoms with E-state index in [0.29, 0.717) is 0 Å². The Balaban J connectivity index is 2.62. The van der Waals surface area contributed by atoms with E-state index in [1.807, 2.05) is 6.08 Å². The topological polar surface area (TPSA) is 0 Å². The van der Waals surface area contributed by atoms with Crippen LogP contribution in [0.3, 0.4) is 0 Å². The van der Waals surface area contributed by atoms with Gasteiger partial charge in [0.1, 0.15) is 0 Å². The first-order valence-corrected chi connectivity index (χ1v) is 3.52. The van der Waals surface area contributed by atoms with E-state index in [4.69, 9.17) is 0 Å². The molecule has 0 spiro atoms. The van der Waals surface area contributed by atoms with Gasteiger partial charge in [0, 0.05) is 0 Å². The van der Waals surface area contributed by atoms with E-state index in [1.165, 1.54) is 32.1 Å². The van der Waals surface area contributed by atoms with Crippen LogP contribution in [-0.4, -0.2) is 0 Å². The predicted octanol–water partition coefficient (Wildman–Crippen LogP) is 3.14. The van der Waals surface area contributed by atoms with Crippen molar-refractivity contribution in [1.29, 1.82) is 0 Å². The fourth-order valence-electron chi connectivity index (χ4n) is 0.715. The van der Waals surface area contributed by atoms with Crippen LogP contribution < -0.4 is 0 Å². The molecule has 0 nitrogen and oxygen atoms in total. The van der Waals surface area contributed by atoms with Gasteiger partial charge < -0.3 is 0 Å². The van der Waals surface area contributed by atoms with E-state index in [1.54, 1.807) is 0 Å². The van der Waals surface area contributed by atoms with Gasteiger partial charge in [0.25, 0.3) is 0 Å². The van der Waals surface area contributed by atoms with Crippen molar-refractivity contribution in [2.24, 2.45) is 0 Å². The first-order chi connectivity index (χ1) is 3.91. The van der Waals surface area contributed by atoms with Gasteiger partial charge in [-0.25, -0.2) is 0 Å². The van der Waals surface area contributed by atoms with E-state index < -0.39 is 0 Å². The maximum Gasteiger partial charge on any atom is -0.0353 e. The molecule has 0 amide bonds. The second-order valence-electron chi connectivity index (χ2n) is 2.14. The maximum absolute atomic E-state index is 3.66. The molecule has 0 atom stereocenters. The van der Waals surface area contributed by atoms with E-state index >= 15 is 0 Å². The van der Waals surface area contributed by atoms with Crippen molar-refractivity contribution >= 4 is 0 Å². The van der Waals surface area contributed by atoms with Crippen molar-refractivity contribution in [3.05, 3.63) is 12.7 Å². The maximum atomic E-state index is 3.66. The standard InChI is InChI=1S/C8H16/c1-3-5-7-8-6-4-2/h3H,1,4-8H2,2H3/i7+2. The summed E-state index contributed by atoms with van der Waals surface area (Å²) in [5.41, 5.74) is 0. The Kier molecular flexibility index (Phi) is 6.52. The van der Waals surface area contributed by atoms with E-state index in [9.17, 15) is 0 Å². The van der Waals surface area contributed by atoms with Crippen LogP contribution in [0.15, 0.2) is 12.7 Å². The molecule has 0 heterocycles. The molecular weight excluding hydrogens is 98.1 g/mol. The van der Waals surface area contributed by atoms with Crippen molar-refractivity contribution in [2.75, 3.05) is 0 Å². The molecule has 0 saturated carbocycles. The number of rotatable bonds is 5. The molecule has 8 heavy (non-hydrogen) atoms. The summed E-state index contributed by atoms with van der Waals surface area (Å²) in [5, 5.41) is 0. The molecule has 0 aliphatic carbocycles. The second-order valence-corrected chi connectivity index (χ2v) is 2.14. The minimum absolute atomic E-state index is 1.19. The van der Waals surface area contributed by atoms with E-state index in [-0.39, 0.29) is 0 Å². The van der Waals surface area contributed by atoms with Gasteiger partial charge in [-0.1, -0.05) is 32.3 Å². The summed E-state index contributed by atoms with van der Waals surface area (Å²) in [6.07, 6.45) is 8.61. The monoisotopic (exact) mass is 114 g/mol. The lowest BCUT2D eigenvalue weighted by molar-refractivity contribution is 0.675. The van der Waals surface area contributed by atoms with Gasteiger partial charge in [0.05, 0.1) is 0 Å². The highest BCUT2D eigenvalue weighted by atomic mass is 14.8. The summed E-state index contributed by atoms with van der Waals surface area (Å²) in [4.78, 5) is 0. The first kappa shape index (κ1) is 7.74. The lowest BCUT2D eigenvalue weighted by Gasteiger charge is -1.91. The summed E-state index contributed by atoms with van der Waals surface area (Å²) in [6, 6.07) is 0. The number of allylic oxidation sites excluding steroid dienone is 1. The zero-order valence-electron chi connectivity index (χ0n) is 5.82. The lowest BCUT2D eigenvalue weighted by Crippen LogP contribution is -1.71. The Morgan fingerprint density at radius 1 is 1.62 bits per heavy atom. The summed E-state index contributed by atoms with van der Waals surface area (Å²) < 4.78 is 0. The van der Waals surface area contributed by atoms with Crippen molar-refractivity contribution < 1.29 is 0 Å². The summed E-state index contributed by atoms with van der Waals surface area (Å²) in [6.45, 7) is 5.89. The minimum atomic E-state index is 1.19. The van der Waals surface area contributed by atoms with Crippen molar-refractivity contribution in [2.45, 2.75) is 39.0 Å². The Bertz CT molecular complexity index is 46.0. The molecular formula is C8H16. The van der Waals surface area contributed by atoms with Crippen LogP contribution in [0.1, 0.15) is 39.0 Å². The van der Waals surface area contributed by atoms with Gasteiger partial charge in [-0.05, 0) is 12.8 Å². The average Bonchev–Trinajstić information content (AvgIpc) is 1.81. The molecule has 0 aliphatic rings. The van der Waals surface area contributed by atoms with Crippen LogP contribution in [0.4, 0.5) is 0 Å². The molecule has 0 fully saturated rings. The largest absolute Gasteiger partial charge is 0.103 e. The van der Waals surface area contributed by atoms with E-state index in [2.05, 4.69) is 13.5 Å². The molecule has 0 N–H and O–H groups in total. The third kappa shape index (κ3) is 5.74. The van der Waals surface area contributed by atoms with Crippen LogP contribution in [0.2, 0.25) is 0 Å². The highest BCUT2D eigenvalue weighted by Gasteiger charge is 1.81. The Hall–Kier alpha value is -0.260. The average molecular weight is 114 g/mol. The highest BCUT2D eigenvalue weighted by molar-refractivity contribution is 4.64. The first-order valence-electron chi connectivity index (χ1n) is 3.52. The lowest BCUT2D eigenvalue weighted by atomic mass is 10.3. The summed E-state index contributed by atoms with van der Waals surface area (Å²) in [7, 11) is 0. The molecule has 0 unspecified atom stereocenters. The number of hydrogen-bond acceptors (Lipinski definition) is 0. The van der Waals surface area contributed by atoms with Crippen LogP contribution in [0.5, 0.6) is 0 Å². The van der Waals surface area contributed by atoms with Crippen LogP contribution in [0.25, 0.3) is 0 Å². The van der Waals surface area contributed by atoms with Crippen molar-refractivity contribution in [3.8, 4) is 0 Å². The number of unbranched alkanes of at least 4 members (excludes halogenated alkanes) is 4. The Morgan fingerprint density at radius 3 is 2.88 bits per heavy atom. The van der Waals surface area contributed by atoms with Crippen molar-refractivity contribution in [3.63, 3.8) is 0 Å². The molecule has 0 aromatic heterocycles. The van der Waals surface area contributed by atoms with Gasteiger partial charge in [-0.15, -0.1) is 6.58 Å². The molecule has 0 aromatic carbocycles. The molecule has 0 bridgehead atoms. The fourth-order valence-corrected chi connectivity index (χ4v) is 0.715. The fraction of sp³-hybridized carbons (Fsp3) is 0.750. The zero-order chi connectivity index (χ0) is 6.24. The van der Waals surface area contributed by atoms with Gasteiger partial charge in [-0.3, -0.25) is 0 Å². The van der Waals surface area contributed by atoms with Crippen LogP contribution in [0, 0.1) is 0 Å². The molecule has 0 aromatic rings. The van der Waals surface area contributed by atoms with E-state index in [0.717, 1.165) is 0 Å². The molecule has 0 radical (unpaired) electrons. The normalized spacial score (nSPS) is 9.12. The quantitative estimate of drug-likeness (QED) is 0.380. The highest BCUT2D eigenvalue weighted by Crippen LogP contribution is 2.01. The van der Waals surface area contributed by atoms with Gasteiger partial charge in [0.2, 0.25) is 0 Å². The minimum Gasteiger partial charge on any atom is -0.103 e. The van der Waals surface area contributed by atoms with Gasteiger partial charge in [-0.2, -0.15) is 0 Å². The van der Waals surface area contributed by atoms with Crippen molar-refractivity contribution in [1.82, 2.24) is 0 Å². The SMILES string of the molecule is C=CC[14CH2]CCCC. The van der Waals surface area contributed by atoms with Gasteiger partial charge >= 0.3 is 0 Å². The number of hydrogen-bond donors (Lipinski definition) is 0. The summed E-state index contributed by atoms with van der Waals surface area (Å²) >= 11 is 0. The Morgan fingerprint density at radius 2 is 2.38 bits per heavy atom. The molecule has 48 valence electrons. The molecule has 0 aliphatic heterocycles. The van der Waals surface area contributed by atoms with Crippen LogP contribution >= 0.6 is 0 Å². The smallest absolute Gasteiger partial charge is 0.0353 e. The third-order valence-corrected chi connectivity index (χ3v) is 1.26. The zero-order valence-corrected chi connectivity index (χ0v) is 5.82. The molecule has 0 heteroatoms. The van der Waals surface area contributed by atoms with Crippen LogP contribution in [-0.2, 0) is 0 Å². The summed E-state index contributed by atoms with van der Waals surface area (Å²) in [5.74, 6) is 0. The predicted molar refractivity (Wildman–Crippen MR) is 39.0 cm³/mol. The third-order valence-electron chi connectivity index (χ3n) is 1.26.